The lowest BCUT2D eigenvalue weighted by atomic mass is 10.0. The number of aliphatic carboxylic acids is 1. The number of carboxylic acid groups (broad SMARTS) is 1. The first-order chi connectivity index (χ1) is 11.8. The number of amides is 1. The van der Waals surface area contributed by atoms with Crippen molar-refractivity contribution in [2.75, 3.05) is 5.73 Å². The van der Waals surface area contributed by atoms with Crippen molar-refractivity contribution in [3.8, 4) is 5.75 Å². The maximum atomic E-state index is 12.2. The van der Waals surface area contributed by atoms with Crippen LogP contribution in [0.15, 0.2) is 48.5 Å². The van der Waals surface area contributed by atoms with Gasteiger partial charge in [-0.1, -0.05) is 24.3 Å². The highest BCUT2D eigenvalue weighted by atomic mass is 16.4. The minimum absolute atomic E-state index is 0.121. The van der Waals surface area contributed by atoms with Gasteiger partial charge in [0, 0.05) is 12.1 Å². The van der Waals surface area contributed by atoms with Crippen molar-refractivity contribution in [2.45, 2.75) is 24.9 Å². The van der Waals surface area contributed by atoms with Crippen molar-refractivity contribution >= 4 is 17.6 Å². The van der Waals surface area contributed by atoms with Crippen LogP contribution in [0.1, 0.15) is 11.1 Å². The van der Waals surface area contributed by atoms with Crippen LogP contribution >= 0.6 is 0 Å². The third kappa shape index (κ3) is 5.50. The molecule has 0 spiro atoms. The zero-order valence-corrected chi connectivity index (χ0v) is 13.6. The van der Waals surface area contributed by atoms with Crippen molar-refractivity contribution in [1.29, 1.82) is 0 Å². The molecule has 0 heterocycles. The lowest BCUT2D eigenvalue weighted by Crippen LogP contribution is -2.50. The summed E-state index contributed by atoms with van der Waals surface area (Å²) in [6.45, 7) is 0. The van der Waals surface area contributed by atoms with Gasteiger partial charge >= 0.3 is 5.97 Å². The number of hydrogen-bond acceptors (Lipinski definition) is 5. The maximum absolute atomic E-state index is 12.2. The highest BCUT2D eigenvalue weighted by Gasteiger charge is 2.23. The van der Waals surface area contributed by atoms with Gasteiger partial charge in [0.05, 0.1) is 6.04 Å². The molecule has 0 radical (unpaired) electrons. The van der Waals surface area contributed by atoms with Gasteiger partial charge in [-0.2, -0.15) is 0 Å². The molecule has 0 fully saturated rings. The average Bonchev–Trinajstić information content (AvgIpc) is 2.58. The van der Waals surface area contributed by atoms with Crippen molar-refractivity contribution < 1.29 is 19.8 Å². The number of aromatic hydroxyl groups is 1. The second-order valence-electron chi connectivity index (χ2n) is 5.82. The highest BCUT2D eigenvalue weighted by molar-refractivity contribution is 5.87. The molecule has 7 heteroatoms. The zero-order chi connectivity index (χ0) is 18.4. The van der Waals surface area contributed by atoms with Gasteiger partial charge in [0.2, 0.25) is 5.91 Å². The molecule has 7 N–H and O–H groups in total. The van der Waals surface area contributed by atoms with Gasteiger partial charge in [-0.3, -0.25) is 4.79 Å². The first kappa shape index (κ1) is 18.3. The zero-order valence-electron chi connectivity index (χ0n) is 13.6. The Morgan fingerprint density at radius 1 is 0.960 bits per heavy atom. The summed E-state index contributed by atoms with van der Waals surface area (Å²) in [7, 11) is 0. The van der Waals surface area contributed by atoms with Crippen LogP contribution in [0.25, 0.3) is 0 Å². The van der Waals surface area contributed by atoms with Gasteiger partial charge in [-0.05, 0) is 41.8 Å². The summed E-state index contributed by atoms with van der Waals surface area (Å²) in [5.74, 6) is -1.56. The highest BCUT2D eigenvalue weighted by Crippen LogP contribution is 2.11. The monoisotopic (exact) mass is 343 g/mol. The molecular formula is C18H21N3O4. The Labute approximate surface area is 145 Å². The number of benzene rings is 2. The van der Waals surface area contributed by atoms with E-state index in [9.17, 15) is 19.8 Å². The van der Waals surface area contributed by atoms with Crippen LogP contribution in [0.4, 0.5) is 5.69 Å². The van der Waals surface area contributed by atoms with Crippen LogP contribution in [-0.2, 0) is 22.4 Å². The van der Waals surface area contributed by atoms with Crippen LogP contribution in [0.5, 0.6) is 5.75 Å². The predicted octanol–water partition coefficient (Wildman–Crippen LogP) is 0.656. The SMILES string of the molecule is Nc1ccc(CC(NC(=O)C(N)Cc2ccc(O)cc2)C(=O)O)cc1. The van der Waals surface area contributed by atoms with Crippen LogP contribution in [0, 0.1) is 0 Å². The number of carbonyl (C=O) groups excluding carboxylic acids is 1. The van der Waals surface area contributed by atoms with E-state index >= 15 is 0 Å². The van der Waals surface area contributed by atoms with E-state index in [1.54, 1.807) is 36.4 Å². The lowest BCUT2D eigenvalue weighted by molar-refractivity contribution is -0.141. The Balaban J connectivity index is 1.97. The molecule has 2 unspecified atom stereocenters. The number of rotatable bonds is 7. The van der Waals surface area contributed by atoms with E-state index in [0.717, 1.165) is 11.1 Å². The first-order valence-electron chi connectivity index (χ1n) is 7.76. The Kier molecular flexibility index (Phi) is 5.97. The summed E-state index contributed by atoms with van der Waals surface area (Å²) in [6.07, 6.45) is 0.369. The molecule has 2 aromatic rings. The van der Waals surface area contributed by atoms with Gasteiger partial charge < -0.3 is 27.0 Å². The second kappa shape index (κ2) is 8.16. The average molecular weight is 343 g/mol. The molecule has 2 rings (SSSR count). The van der Waals surface area contributed by atoms with E-state index in [1.165, 1.54) is 12.1 Å². The Bertz CT molecular complexity index is 729. The summed E-state index contributed by atoms with van der Waals surface area (Å²) >= 11 is 0. The van der Waals surface area contributed by atoms with E-state index < -0.39 is 24.0 Å². The predicted molar refractivity (Wildman–Crippen MR) is 93.9 cm³/mol. The molecule has 132 valence electrons. The molecule has 0 saturated carbocycles. The number of carboxylic acids is 1. The van der Waals surface area contributed by atoms with Gasteiger partial charge in [0.15, 0.2) is 0 Å². The molecule has 0 aliphatic heterocycles. The van der Waals surface area contributed by atoms with E-state index in [4.69, 9.17) is 11.5 Å². The molecule has 0 bridgehead atoms. The van der Waals surface area contributed by atoms with E-state index in [-0.39, 0.29) is 18.6 Å². The molecular weight excluding hydrogens is 322 g/mol. The van der Waals surface area contributed by atoms with Gasteiger partial charge in [-0.15, -0.1) is 0 Å². The third-order valence-corrected chi connectivity index (χ3v) is 3.76. The number of nitrogen functional groups attached to an aromatic ring is 1. The molecule has 0 aliphatic carbocycles. The number of phenolic OH excluding ortho intramolecular Hbond substituents is 1. The number of nitrogens with one attached hydrogen (secondary N) is 1. The summed E-state index contributed by atoms with van der Waals surface area (Å²) in [4.78, 5) is 23.6. The lowest BCUT2D eigenvalue weighted by Gasteiger charge is -2.18. The molecule has 1 amide bonds. The quantitative estimate of drug-likeness (QED) is 0.468. The number of nitrogens with two attached hydrogens (primary N) is 2. The normalized spacial score (nSPS) is 13.0. The largest absolute Gasteiger partial charge is 0.508 e. The second-order valence-corrected chi connectivity index (χ2v) is 5.82. The third-order valence-electron chi connectivity index (χ3n) is 3.76. The van der Waals surface area contributed by atoms with Crippen LogP contribution in [0.3, 0.4) is 0 Å². The number of phenols is 1. The smallest absolute Gasteiger partial charge is 0.326 e. The molecule has 0 aliphatic rings. The van der Waals surface area contributed by atoms with E-state index in [2.05, 4.69) is 5.32 Å². The Morgan fingerprint density at radius 2 is 1.48 bits per heavy atom. The minimum Gasteiger partial charge on any atom is -0.508 e. The Hall–Kier alpha value is -3.06. The van der Waals surface area contributed by atoms with Crippen LogP contribution < -0.4 is 16.8 Å². The summed E-state index contributed by atoms with van der Waals surface area (Å²) < 4.78 is 0. The van der Waals surface area contributed by atoms with Crippen molar-refractivity contribution in [2.24, 2.45) is 5.73 Å². The van der Waals surface area contributed by atoms with Crippen molar-refractivity contribution in [3.63, 3.8) is 0 Å². The van der Waals surface area contributed by atoms with E-state index in [0.29, 0.717) is 5.69 Å². The molecule has 0 aromatic heterocycles. The van der Waals surface area contributed by atoms with Crippen LogP contribution in [0.2, 0.25) is 0 Å². The maximum Gasteiger partial charge on any atom is 0.326 e. The van der Waals surface area contributed by atoms with Gasteiger partial charge in [0.1, 0.15) is 11.8 Å². The fourth-order valence-corrected chi connectivity index (χ4v) is 2.35. The topological polar surface area (TPSA) is 139 Å². The number of carbonyl (C=O) groups is 2. The first-order valence-corrected chi connectivity index (χ1v) is 7.76. The molecule has 0 saturated heterocycles. The minimum atomic E-state index is -1.14. The van der Waals surface area contributed by atoms with Crippen molar-refractivity contribution in [3.05, 3.63) is 59.7 Å². The fourth-order valence-electron chi connectivity index (χ4n) is 2.35. The summed E-state index contributed by atoms with van der Waals surface area (Å²) in [5.41, 5.74) is 13.6. The number of anilines is 1. The summed E-state index contributed by atoms with van der Waals surface area (Å²) in [5, 5.41) is 21.1. The van der Waals surface area contributed by atoms with Gasteiger partial charge in [0.25, 0.3) is 0 Å². The fraction of sp³-hybridized carbons (Fsp3) is 0.222. The standard InChI is InChI=1S/C18H21N3O4/c19-13-5-1-12(2-6-13)10-16(18(24)25)21-17(23)15(20)9-11-3-7-14(22)8-4-11/h1-8,15-16,22H,9-10,19-20H2,(H,21,23)(H,24,25). The van der Waals surface area contributed by atoms with Crippen molar-refractivity contribution in [1.82, 2.24) is 5.32 Å². The molecule has 2 aromatic carbocycles. The summed E-state index contributed by atoms with van der Waals surface area (Å²) in [6, 6.07) is 11.1. The number of hydrogen-bond donors (Lipinski definition) is 5. The molecule has 7 nitrogen and oxygen atoms in total. The molecule has 25 heavy (non-hydrogen) atoms. The van der Waals surface area contributed by atoms with Gasteiger partial charge in [-0.25, -0.2) is 4.79 Å². The van der Waals surface area contributed by atoms with E-state index in [1.807, 2.05) is 0 Å². The van der Waals surface area contributed by atoms with Crippen LogP contribution in [-0.4, -0.2) is 34.2 Å². The molecule has 2 atom stereocenters. The Morgan fingerprint density at radius 3 is 2.04 bits per heavy atom.